The van der Waals surface area contributed by atoms with Crippen molar-refractivity contribution in [1.29, 1.82) is 0 Å². The molecule has 0 bridgehead atoms. The lowest BCUT2D eigenvalue weighted by Gasteiger charge is -2.19. The van der Waals surface area contributed by atoms with Gasteiger partial charge in [-0.25, -0.2) is 22.6 Å². The van der Waals surface area contributed by atoms with Crippen molar-refractivity contribution in [3.63, 3.8) is 0 Å². The largest absolute Gasteiger partial charge is 0.484 e. The molecule has 13 nitrogen and oxygen atoms in total. The molecule has 0 spiro atoms. The Hall–Kier alpha value is -5.16. The number of halogens is 3. The topological polar surface area (TPSA) is 176 Å². The molecule has 17 heteroatoms. The molecule has 0 saturated heterocycles. The lowest BCUT2D eigenvalue weighted by atomic mass is 10.0. The van der Waals surface area contributed by atoms with Crippen LogP contribution in [0.25, 0.3) is 33.3 Å². The summed E-state index contributed by atoms with van der Waals surface area (Å²) in [7, 11) is -3.35. The molecule has 0 aliphatic rings. The number of carboxylic acid groups (broad SMARTS) is 1. The molecule has 0 radical (unpaired) electrons. The van der Waals surface area contributed by atoms with Crippen LogP contribution in [0.15, 0.2) is 61.1 Å². The normalized spacial score (nSPS) is 12.5. The lowest BCUT2D eigenvalue weighted by molar-refractivity contribution is -0.142. The van der Waals surface area contributed by atoms with Gasteiger partial charge in [-0.15, -0.1) is 0 Å². The predicted molar refractivity (Wildman–Crippen MR) is 162 cm³/mol. The number of nitrogens with one attached hydrogen (secondary N) is 1. The molecule has 4 N–H and O–H groups in total. The highest BCUT2D eigenvalue weighted by molar-refractivity contribution is 7.93. The summed E-state index contributed by atoms with van der Waals surface area (Å²) < 4.78 is 80.3. The Balaban J connectivity index is 1.54. The highest BCUT2D eigenvalue weighted by atomic mass is 32.2. The molecule has 0 aliphatic carbocycles. The van der Waals surface area contributed by atoms with Crippen LogP contribution in [0.5, 0.6) is 5.75 Å². The van der Waals surface area contributed by atoms with Crippen LogP contribution in [-0.2, 0) is 33.1 Å². The minimum Gasteiger partial charge on any atom is -0.484 e. The Morgan fingerprint density at radius 3 is 2.57 bits per heavy atom. The van der Waals surface area contributed by atoms with Gasteiger partial charge in [0.15, 0.2) is 0 Å². The quantitative estimate of drug-likeness (QED) is 0.153. The number of hydrogen-bond acceptors (Lipinski definition) is 9. The molecule has 0 saturated carbocycles. The van der Waals surface area contributed by atoms with Crippen molar-refractivity contribution in [1.82, 2.24) is 24.5 Å². The Morgan fingerprint density at radius 2 is 1.87 bits per heavy atom. The van der Waals surface area contributed by atoms with Gasteiger partial charge in [-0.05, 0) is 36.8 Å². The smallest absolute Gasteiger partial charge is 0.355 e. The van der Waals surface area contributed by atoms with Gasteiger partial charge < -0.3 is 20.3 Å². The number of aromatic nitrogens is 5. The standard InChI is InChI=1S/C29H28F3N7O6S/c1-16(17-3-6-20(30)7-4-17)45-23-11-18(5-8-22(23)37-46(42,43)29(31)32)26-25-27(38(2)36-26)21(13-34-28(25)33)19-12-35-39(14-19)9-10-44-15-24(40)41/h3-8,11-14,16,29,37H,9-10,15H2,1-2H3,(H2,33,34)(H,40,41)/t16-/m0/s1. The van der Waals surface area contributed by atoms with E-state index < -0.39 is 40.3 Å². The second-order valence-corrected chi connectivity index (χ2v) is 11.8. The lowest BCUT2D eigenvalue weighted by Crippen LogP contribution is -2.21. The molecule has 3 aromatic heterocycles. The van der Waals surface area contributed by atoms with E-state index in [-0.39, 0.29) is 23.9 Å². The average Bonchev–Trinajstić information content (AvgIpc) is 3.62. The van der Waals surface area contributed by atoms with Crippen LogP contribution in [0, 0.1) is 5.82 Å². The average molecular weight is 660 g/mol. The third-order valence-electron chi connectivity index (χ3n) is 6.91. The van der Waals surface area contributed by atoms with Crippen molar-refractivity contribution >= 4 is 38.4 Å². The fraction of sp³-hybridized carbons (Fsp3) is 0.241. The molecular weight excluding hydrogens is 631 g/mol. The van der Waals surface area contributed by atoms with Gasteiger partial charge in [-0.2, -0.15) is 19.0 Å². The Morgan fingerprint density at radius 1 is 1.13 bits per heavy atom. The van der Waals surface area contributed by atoms with Crippen LogP contribution in [0.4, 0.5) is 24.7 Å². The summed E-state index contributed by atoms with van der Waals surface area (Å²) in [4.78, 5) is 15.0. The summed E-state index contributed by atoms with van der Waals surface area (Å²) in [6.07, 6.45) is 4.15. The molecular formula is C29H28F3N7O6S. The van der Waals surface area contributed by atoms with Crippen LogP contribution in [-0.4, -0.2) is 63.0 Å². The zero-order chi connectivity index (χ0) is 33.2. The maximum Gasteiger partial charge on any atom is 0.355 e. The van der Waals surface area contributed by atoms with Crippen molar-refractivity contribution in [2.24, 2.45) is 7.05 Å². The number of aryl methyl sites for hydroxylation is 1. The molecule has 0 amide bonds. The van der Waals surface area contributed by atoms with Crippen LogP contribution in [0.1, 0.15) is 18.6 Å². The van der Waals surface area contributed by atoms with E-state index in [1.54, 1.807) is 41.9 Å². The van der Waals surface area contributed by atoms with Crippen LogP contribution >= 0.6 is 0 Å². The van der Waals surface area contributed by atoms with Crippen LogP contribution in [0.2, 0.25) is 0 Å². The number of anilines is 2. The van der Waals surface area contributed by atoms with E-state index in [2.05, 4.69) is 15.2 Å². The van der Waals surface area contributed by atoms with Crippen molar-refractivity contribution in [2.75, 3.05) is 23.7 Å². The number of carbonyl (C=O) groups is 1. The van der Waals surface area contributed by atoms with Crippen LogP contribution in [0.3, 0.4) is 0 Å². The summed E-state index contributed by atoms with van der Waals surface area (Å²) in [6, 6.07) is 9.61. The number of nitrogen functional groups attached to an aromatic ring is 1. The van der Waals surface area contributed by atoms with Crippen molar-refractivity contribution < 1.29 is 41.0 Å². The number of nitrogens with zero attached hydrogens (tertiary/aromatic N) is 5. The van der Waals surface area contributed by atoms with Gasteiger partial charge in [0.05, 0.1) is 35.9 Å². The van der Waals surface area contributed by atoms with Crippen molar-refractivity contribution in [3.05, 3.63) is 72.4 Å². The zero-order valence-corrected chi connectivity index (χ0v) is 25.2. The molecule has 5 aromatic rings. The molecule has 5 rings (SSSR count). The summed E-state index contributed by atoms with van der Waals surface area (Å²) >= 11 is 0. The number of nitrogens with two attached hydrogens (primary N) is 1. The molecule has 0 unspecified atom stereocenters. The molecule has 0 fully saturated rings. The first kappa shape index (κ1) is 32.2. The van der Waals surface area contributed by atoms with Gasteiger partial charge in [-0.3, -0.25) is 14.1 Å². The van der Waals surface area contributed by atoms with E-state index in [4.69, 9.17) is 20.3 Å². The molecule has 0 aliphatic heterocycles. The second kappa shape index (κ2) is 13.1. The number of rotatable bonds is 13. The predicted octanol–water partition coefficient (Wildman–Crippen LogP) is 4.43. The second-order valence-electron chi connectivity index (χ2n) is 10.1. The molecule has 242 valence electrons. The minimum atomic E-state index is -5.04. The summed E-state index contributed by atoms with van der Waals surface area (Å²) in [6.45, 7) is 1.64. The molecule has 46 heavy (non-hydrogen) atoms. The van der Waals surface area contributed by atoms with Gasteiger partial charge in [0.2, 0.25) is 0 Å². The van der Waals surface area contributed by atoms with E-state index in [1.807, 2.05) is 4.72 Å². The monoisotopic (exact) mass is 659 g/mol. The van der Waals surface area contributed by atoms with E-state index >= 15 is 0 Å². The SMILES string of the molecule is C[C@H](Oc1cc(-c2nn(C)c3c(-c4cnn(CCOCC(=O)O)c4)cnc(N)c23)ccc1NS(=O)(=O)C(F)F)c1ccc(F)cc1. The van der Waals surface area contributed by atoms with Crippen molar-refractivity contribution in [2.45, 2.75) is 25.3 Å². The van der Waals surface area contributed by atoms with Crippen molar-refractivity contribution in [3.8, 4) is 28.1 Å². The number of alkyl halides is 2. The minimum absolute atomic E-state index is 0.0913. The first-order valence-electron chi connectivity index (χ1n) is 13.6. The number of benzene rings is 2. The highest BCUT2D eigenvalue weighted by Crippen LogP contribution is 2.40. The first-order valence-corrected chi connectivity index (χ1v) is 15.2. The van der Waals surface area contributed by atoms with E-state index in [0.29, 0.717) is 45.4 Å². The third-order valence-corrected chi connectivity index (χ3v) is 7.88. The van der Waals surface area contributed by atoms with Gasteiger partial charge in [0.25, 0.3) is 10.0 Å². The Bertz CT molecular complexity index is 2000. The van der Waals surface area contributed by atoms with Gasteiger partial charge in [-0.1, -0.05) is 18.2 Å². The van der Waals surface area contributed by atoms with Gasteiger partial charge in [0, 0.05) is 36.1 Å². The number of sulfonamides is 1. The molecule has 3 heterocycles. The van der Waals surface area contributed by atoms with Gasteiger partial charge >= 0.3 is 11.7 Å². The number of aliphatic carboxylic acids is 1. The summed E-state index contributed by atoms with van der Waals surface area (Å²) in [5.41, 5.74) is 9.28. The van der Waals surface area contributed by atoms with Crippen LogP contribution < -0.4 is 15.2 Å². The summed E-state index contributed by atoms with van der Waals surface area (Å²) in [5, 5.41) is 18.1. The van der Waals surface area contributed by atoms with E-state index in [1.165, 1.54) is 42.5 Å². The van der Waals surface area contributed by atoms with E-state index in [0.717, 1.165) is 0 Å². The maximum atomic E-state index is 13.5. The number of hydrogen-bond donors (Lipinski definition) is 3. The molecule has 1 atom stereocenters. The number of fused-ring (bicyclic) bond motifs is 1. The number of pyridine rings is 1. The zero-order valence-electron chi connectivity index (χ0n) is 24.4. The highest BCUT2D eigenvalue weighted by Gasteiger charge is 2.27. The Kier molecular flexibility index (Phi) is 9.15. The van der Waals surface area contributed by atoms with E-state index in [9.17, 15) is 26.4 Å². The third kappa shape index (κ3) is 6.89. The Labute approximate surface area is 260 Å². The van der Waals surface area contributed by atoms with Gasteiger partial charge in [0.1, 0.15) is 35.8 Å². The fourth-order valence-corrected chi connectivity index (χ4v) is 5.30. The fourth-order valence-electron chi connectivity index (χ4n) is 4.73. The number of carboxylic acids is 1. The molecule has 2 aromatic carbocycles. The number of ether oxygens (including phenoxy) is 2. The maximum absolute atomic E-state index is 13.5. The first-order chi connectivity index (χ1) is 21.8. The summed E-state index contributed by atoms with van der Waals surface area (Å²) in [5.74, 6) is -5.19.